The molecule has 1 heterocycles. The van der Waals surface area contributed by atoms with Crippen molar-refractivity contribution in [2.75, 3.05) is 0 Å². The molecule has 0 radical (unpaired) electrons. The minimum Gasteiger partial charge on any atom is -0.455 e. The van der Waals surface area contributed by atoms with E-state index in [1.165, 1.54) is 0 Å². The first kappa shape index (κ1) is 16.3. The number of aryl methyl sites for hydroxylation is 1. The Labute approximate surface area is 140 Å². The molecule has 2 aromatic carbocycles. The molecule has 24 heavy (non-hydrogen) atoms. The van der Waals surface area contributed by atoms with Gasteiger partial charge in [0.2, 0.25) is 0 Å². The highest BCUT2D eigenvalue weighted by atomic mass is 35.5. The smallest absolute Gasteiger partial charge is 0.169 e. The van der Waals surface area contributed by atoms with Gasteiger partial charge in [-0.05, 0) is 31.2 Å². The SMILES string of the molecule is Cc1nnc(Cl)c(-c2c(F)ccc(F)c2F)c1Oc1ccccc1. The quantitative estimate of drug-likeness (QED) is 0.600. The zero-order valence-electron chi connectivity index (χ0n) is 12.4. The van der Waals surface area contributed by atoms with Crippen molar-refractivity contribution in [3.63, 3.8) is 0 Å². The molecule has 0 amide bonds. The van der Waals surface area contributed by atoms with Crippen LogP contribution in [0.3, 0.4) is 0 Å². The van der Waals surface area contributed by atoms with E-state index in [4.69, 9.17) is 16.3 Å². The molecule has 3 rings (SSSR count). The summed E-state index contributed by atoms with van der Waals surface area (Å²) in [6, 6.07) is 10.0. The van der Waals surface area contributed by atoms with Crippen LogP contribution in [0.2, 0.25) is 5.15 Å². The van der Waals surface area contributed by atoms with E-state index in [0.717, 1.165) is 6.07 Å². The van der Waals surface area contributed by atoms with Crippen LogP contribution in [-0.2, 0) is 0 Å². The summed E-state index contributed by atoms with van der Waals surface area (Å²) >= 11 is 5.99. The summed E-state index contributed by atoms with van der Waals surface area (Å²) in [6.07, 6.45) is 0. The molecule has 0 spiro atoms. The van der Waals surface area contributed by atoms with Crippen LogP contribution < -0.4 is 4.74 Å². The number of para-hydroxylation sites is 1. The largest absolute Gasteiger partial charge is 0.455 e. The first-order chi connectivity index (χ1) is 11.5. The predicted octanol–water partition coefficient (Wildman–Crippen LogP) is 5.32. The molecule has 0 aliphatic heterocycles. The second-order valence-corrected chi connectivity index (χ2v) is 5.27. The lowest BCUT2D eigenvalue weighted by atomic mass is 10.0. The van der Waals surface area contributed by atoms with E-state index in [0.29, 0.717) is 11.8 Å². The fraction of sp³-hybridized carbons (Fsp3) is 0.0588. The van der Waals surface area contributed by atoms with E-state index in [1.807, 2.05) is 0 Å². The summed E-state index contributed by atoms with van der Waals surface area (Å²) < 4.78 is 47.6. The first-order valence-corrected chi connectivity index (χ1v) is 7.26. The maximum Gasteiger partial charge on any atom is 0.169 e. The zero-order chi connectivity index (χ0) is 17.3. The number of hydrogen-bond acceptors (Lipinski definition) is 3. The van der Waals surface area contributed by atoms with Crippen LogP contribution in [0.4, 0.5) is 13.2 Å². The molecule has 0 saturated carbocycles. The van der Waals surface area contributed by atoms with Gasteiger partial charge in [0.1, 0.15) is 17.3 Å². The van der Waals surface area contributed by atoms with Gasteiger partial charge in [-0.2, -0.15) is 5.10 Å². The summed E-state index contributed by atoms with van der Waals surface area (Å²) in [5.74, 6) is -3.15. The molecule has 1 aromatic heterocycles. The Bertz CT molecular complexity index is 904. The van der Waals surface area contributed by atoms with Crippen molar-refractivity contribution in [3.05, 3.63) is 70.8 Å². The molecular weight excluding hydrogens is 341 g/mol. The molecule has 0 saturated heterocycles. The molecule has 0 aliphatic carbocycles. The van der Waals surface area contributed by atoms with Crippen molar-refractivity contribution in [2.24, 2.45) is 0 Å². The Morgan fingerprint density at radius 3 is 2.25 bits per heavy atom. The third-order valence-electron chi connectivity index (χ3n) is 3.31. The highest BCUT2D eigenvalue weighted by molar-refractivity contribution is 6.32. The van der Waals surface area contributed by atoms with E-state index in [2.05, 4.69) is 10.2 Å². The first-order valence-electron chi connectivity index (χ1n) is 6.88. The lowest BCUT2D eigenvalue weighted by Gasteiger charge is -2.15. The molecule has 0 fully saturated rings. The summed E-state index contributed by atoms with van der Waals surface area (Å²) in [4.78, 5) is 0. The highest BCUT2D eigenvalue weighted by Gasteiger charge is 2.25. The average Bonchev–Trinajstić information content (AvgIpc) is 2.58. The number of nitrogens with zero attached hydrogens (tertiary/aromatic N) is 2. The standard InChI is InChI=1S/C17H10ClF3N2O/c1-9-16(24-10-5-3-2-4-6-10)14(17(18)23-22-9)13-11(19)7-8-12(20)15(13)21/h2-8H,1H3. The van der Waals surface area contributed by atoms with Crippen LogP contribution in [0.1, 0.15) is 5.69 Å². The van der Waals surface area contributed by atoms with Crippen LogP contribution in [-0.4, -0.2) is 10.2 Å². The number of rotatable bonds is 3. The van der Waals surface area contributed by atoms with Crippen LogP contribution in [0.25, 0.3) is 11.1 Å². The Hall–Kier alpha value is -2.60. The lowest BCUT2D eigenvalue weighted by molar-refractivity contribution is 0.471. The topological polar surface area (TPSA) is 35.0 Å². The maximum absolute atomic E-state index is 14.2. The van der Waals surface area contributed by atoms with E-state index >= 15 is 0 Å². The molecule has 3 aromatic rings. The number of benzene rings is 2. The number of aromatic nitrogens is 2. The minimum absolute atomic E-state index is 0.00426. The molecule has 0 aliphatic rings. The van der Waals surface area contributed by atoms with Crippen molar-refractivity contribution in [1.82, 2.24) is 10.2 Å². The molecule has 0 N–H and O–H groups in total. The van der Waals surface area contributed by atoms with E-state index in [9.17, 15) is 13.2 Å². The van der Waals surface area contributed by atoms with Crippen molar-refractivity contribution in [3.8, 4) is 22.6 Å². The zero-order valence-corrected chi connectivity index (χ0v) is 13.1. The summed E-state index contributed by atoms with van der Waals surface area (Å²) in [5, 5.41) is 7.15. The van der Waals surface area contributed by atoms with Crippen LogP contribution in [0.5, 0.6) is 11.5 Å². The second kappa shape index (κ2) is 6.49. The van der Waals surface area contributed by atoms with Crippen molar-refractivity contribution in [2.45, 2.75) is 6.92 Å². The maximum atomic E-state index is 14.2. The molecule has 3 nitrogen and oxygen atoms in total. The monoisotopic (exact) mass is 350 g/mol. The van der Waals surface area contributed by atoms with Gasteiger partial charge in [0.25, 0.3) is 0 Å². The van der Waals surface area contributed by atoms with E-state index < -0.39 is 23.0 Å². The summed E-state index contributed by atoms with van der Waals surface area (Å²) in [6.45, 7) is 1.54. The van der Waals surface area contributed by atoms with Crippen molar-refractivity contribution >= 4 is 11.6 Å². The van der Waals surface area contributed by atoms with Gasteiger partial charge in [-0.15, -0.1) is 5.10 Å². The van der Waals surface area contributed by atoms with Crippen molar-refractivity contribution in [1.29, 1.82) is 0 Å². The second-order valence-electron chi connectivity index (χ2n) is 4.91. The van der Waals surface area contributed by atoms with Gasteiger partial charge in [0, 0.05) is 0 Å². The van der Waals surface area contributed by atoms with Gasteiger partial charge >= 0.3 is 0 Å². The van der Waals surface area contributed by atoms with Gasteiger partial charge in [-0.1, -0.05) is 29.8 Å². The van der Waals surface area contributed by atoms with Gasteiger partial charge in [0.05, 0.1) is 11.1 Å². The molecule has 0 bridgehead atoms. The average molecular weight is 351 g/mol. The van der Waals surface area contributed by atoms with Gasteiger partial charge in [-0.3, -0.25) is 0 Å². The normalized spacial score (nSPS) is 10.7. The van der Waals surface area contributed by atoms with Gasteiger partial charge in [0.15, 0.2) is 22.5 Å². The highest BCUT2D eigenvalue weighted by Crippen LogP contribution is 2.41. The molecule has 0 unspecified atom stereocenters. The van der Waals surface area contributed by atoms with Gasteiger partial charge in [-0.25, -0.2) is 13.2 Å². The van der Waals surface area contributed by atoms with Crippen LogP contribution in [0.15, 0.2) is 42.5 Å². The fourth-order valence-corrected chi connectivity index (χ4v) is 2.41. The Balaban J connectivity index is 2.26. The van der Waals surface area contributed by atoms with Crippen LogP contribution in [0, 0.1) is 24.4 Å². The molecular formula is C17H10ClF3N2O. The Kier molecular flexibility index (Phi) is 4.40. The van der Waals surface area contributed by atoms with Crippen molar-refractivity contribution < 1.29 is 17.9 Å². The van der Waals surface area contributed by atoms with E-state index in [-0.39, 0.29) is 22.2 Å². The fourth-order valence-electron chi connectivity index (χ4n) is 2.19. The third kappa shape index (κ3) is 2.92. The minimum atomic E-state index is -1.37. The van der Waals surface area contributed by atoms with Gasteiger partial charge < -0.3 is 4.74 Å². The number of ether oxygens (including phenoxy) is 1. The third-order valence-corrected chi connectivity index (χ3v) is 3.57. The Morgan fingerprint density at radius 2 is 1.54 bits per heavy atom. The number of hydrogen-bond donors (Lipinski definition) is 0. The van der Waals surface area contributed by atoms with Crippen LogP contribution >= 0.6 is 11.6 Å². The predicted molar refractivity (Wildman–Crippen MR) is 83.6 cm³/mol. The molecule has 122 valence electrons. The van der Waals surface area contributed by atoms with E-state index in [1.54, 1.807) is 37.3 Å². The Morgan fingerprint density at radius 1 is 0.875 bits per heavy atom. The molecule has 0 atom stereocenters. The molecule has 7 heteroatoms. The lowest BCUT2D eigenvalue weighted by Crippen LogP contribution is -2.02. The summed E-state index contributed by atoms with van der Waals surface area (Å²) in [5.41, 5.74) is -0.590. The summed E-state index contributed by atoms with van der Waals surface area (Å²) in [7, 11) is 0. The number of halogens is 4.